The molecule has 1 aromatic carbocycles. The average molecular weight is 322 g/mol. The fourth-order valence-corrected chi connectivity index (χ4v) is 4.64. The van der Waals surface area contributed by atoms with E-state index in [9.17, 15) is 0 Å². The van der Waals surface area contributed by atoms with Crippen LogP contribution in [0.25, 0.3) is 0 Å². The molecule has 0 amide bonds. The summed E-state index contributed by atoms with van der Waals surface area (Å²) >= 11 is 8.37. The number of hydrogen-bond donors (Lipinski definition) is 1. The molecule has 1 atom stereocenters. The van der Waals surface area contributed by atoms with Crippen LogP contribution >= 0.6 is 22.9 Å². The molecule has 0 bridgehead atoms. The van der Waals surface area contributed by atoms with E-state index in [4.69, 9.17) is 16.3 Å². The highest BCUT2D eigenvalue weighted by Gasteiger charge is 2.21. The van der Waals surface area contributed by atoms with Crippen LogP contribution < -0.4 is 10.1 Å². The van der Waals surface area contributed by atoms with E-state index >= 15 is 0 Å². The fraction of sp³-hybridized carbons (Fsp3) is 0.412. The summed E-state index contributed by atoms with van der Waals surface area (Å²) in [7, 11) is 3.65. The van der Waals surface area contributed by atoms with Crippen LogP contribution in [0, 0.1) is 0 Å². The number of fused-ring (bicyclic) bond motifs is 1. The summed E-state index contributed by atoms with van der Waals surface area (Å²) in [4.78, 5) is 2.91. The smallest absolute Gasteiger partial charge is 0.120 e. The molecule has 1 N–H and O–H groups in total. The van der Waals surface area contributed by atoms with Crippen molar-refractivity contribution in [2.24, 2.45) is 0 Å². The van der Waals surface area contributed by atoms with Crippen LogP contribution in [0.3, 0.4) is 0 Å². The van der Waals surface area contributed by atoms with Crippen molar-refractivity contribution in [3.8, 4) is 5.75 Å². The third kappa shape index (κ3) is 2.96. The first kappa shape index (κ1) is 14.9. The predicted octanol–water partition coefficient (Wildman–Crippen LogP) is 4.60. The van der Waals surface area contributed by atoms with Crippen molar-refractivity contribution in [1.82, 2.24) is 5.32 Å². The summed E-state index contributed by atoms with van der Waals surface area (Å²) in [6.07, 6.45) is 5.09. The molecule has 2 aromatic rings. The lowest BCUT2D eigenvalue weighted by Crippen LogP contribution is -2.16. The lowest BCUT2D eigenvalue weighted by atomic mass is 9.98. The maximum atomic E-state index is 6.44. The first-order valence-electron chi connectivity index (χ1n) is 7.35. The van der Waals surface area contributed by atoms with Gasteiger partial charge >= 0.3 is 0 Å². The molecule has 4 heteroatoms. The van der Waals surface area contributed by atoms with Gasteiger partial charge in [-0.1, -0.05) is 17.7 Å². The fourth-order valence-electron chi connectivity index (χ4n) is 2.98. The first-order chi connectivity index (χ1) is 10.2. The minimum Gasteiger partial charge on any atom is -0.497 e. The van der Waals surface area contributed by atoms with Crippen molar-refractivity contribution >= 4 is 22.9 Å². The molecule has 0 fully saturated rings. The van der Waals surface area contributed by atoms with Crippen LogP contribution in [0.5, 0.6) is 5.75 Å². The van der Waals surface area contributed by atoms with Gasteiger partial charge < -0.3 is 10.1 Å². The second-order valence-corrected chi connectivity index (χ2v) is 6.99. The second-order valence-electron chi connectivity index (χ2n) is 5.41. The largest absolute Gasteiger partial charge is 0.497 e. The van der Waals surface area contributed by atoms with Gasteiger partial charge in [0.2, 0.25) is 0 Å². The Morgan fingerprint density at radius 3 is 2.71 bits per heavy atom. The van der Waals surface area contributed by atoms with Crippen molar-refractivity contribution in [2.45, 2.75) is 31.7 Å². The minimum absolute atomic E-state index is 0.152. The molecule has 0 saturated carbocycles. The molecule has 1 unspecified atom stereocenters. The molecule has 0 spiro atoms. The summed E-state index contributed by atoms with van der Waals surface area (Å²) in [5.41, 5.74) is 2.64. The Morgan fingerprint density at radius 2 is 2.05 bits per heavy atom. The standard InChI is InChI=1S/C17H20ClNOS/c1-19-17(13-8-7-12(20-2)10-14(13)18)16-9-11-5-3-4-6-15(11)21-16/h7-10,17,19H,3-6H2,1-2H3. The molecule has 1 aliphatic rings. The van der Waals surface area contributed by atoms with E-state index < -0.39 is 0 Å². The lowest BCUT2D eigenvalue weighted by molar-refractivity contribution is 0.414. The van der Waals surface area contributed by atoms with Gasteiger partial charge in [-0.2, -0.15) is 0 Å². The Bertz CT molecular complexity index is 614. The number of thiophene rings is 1. The average Bonchev–Trinajstić information content (AvgIpc) is 2.93. The summed E-state index contributed by atoms with van der Waals surface area (Å²) < 4.78 is 5.23. The number of rotatable bonds is 4. The van der Waals surface area contributed by atoms with Crippen molar-refractivity contribution in [1.29, 1.82) is 0 Å². The van der Waals surface area contributed by atoms with Crippen LogP contribution in [0.1, 0.15) is 39.8 Å². The minimum atomic E-state index is 0.152. The van der Waals surface area contributed by atoms with Gasteiger partial charge in [0.15, 0.2) is 0 Å². The molecule has 2 nitrogen and oxygen atoms in total. The van der Waals surface area contributed by atoms with E-state index in [1.807, 2.05) is 30.5 Å². The number of ether oxygens (including phenoxy) is 1. The summed E-state index contributed by atoms with van der Waals surface area (Å²) in [6, 6.07) is 8.43. The van der Waals surface area contributed by atoms with Crippen molar-refractivity contribution in [2.75, 3.05) is 14.2 Å². The maximum absolute atomic E-state index is 6.44. The zero-order valence-electron chi connectivity index (χ0n) is 12.4. The Kier molecular flexibility index (Phi) is 4.53. The summed E-state index contributed by atoms with van der Waals surface area (Å²) in [5.74, 6) is 0.795. The van der Waals surface area contributed by atoms with Gasteiger partial charge in [-0.3, -0.25) is 0 Å². The third-order valence-corrected chi connectivity index (χ3v) is 5.74. The number of methoxy groups -OCH3 is 1. The van der Waals surface area contributed by atoms with Crippen LogP contribution in [-0.2, 0) is 12.8 Å². The van der Waals surface area contributed by atoms with Crippen molar-refractivity contribution in [3.05, 3.63) is 50.2 Å². The van der Waals surface area contributed by atoms with Gasteiger partial charge in [-0.25, -0.2) is 0 Å². The van der Waals surface area contributed by atoms with Crippen LogP contribution in [-0.4, -0.2) is 14.2 Å². The molecular weight excluding hydrogens is 302 g/mol. The highest BCUT2D eigenvalue weighted by molar-refractivity contribution is 7.12. The number of halogens is 1. The SMILES string of the molecule is CNC(c1cc2c(s1)CCCC2)c1ccc(OC)cc1Cl. The van der Waals surface area contributed by atoms with Crippen molar-refractivity contribution in [3.63, 3.8) is 0 Å². The van der Waals surface area contributed by atoms with E-state index in [0.717, 1.165) is 16.3 Å². The Labute approximate surface area is 135 Å². The number of hydrogen-bond acceptors (Lipinski definition) is 3. The number of benzene rings is 1. The Hall–Kier alpha value is -1.03. The molecule has 1 aliphatic carbocycles. The number of aryl methyl sites for hydroxylation is 2. The molecule has 3 rings (SSSR count). The van der Waals surface area contributed by atoms with E-state index in [-0.39, 0.29) is 6.04 Å². The van der Waals surface area contributed by atoms with Gasteiger partial charge in [0.25, 0.3) is 0 Å². The van der Waals surface area contributed by atoms with E-state index in [0.29, 0.717) is 0 Å². The zero-order valence-corrected chi connectivity index (χ0v) is 14.0. The monoisotopic (exact) mass is 321 g/mol. The van der Waals surface area contributed by atoms with Gasteiger partial charge in [0.05, 0.1) is 13.2 Å². The van der Waals surface area contributed by atoms with E-state index in [1.54, 1.807) is 12.0 Å². The van der Waals surface area contributed by atoms with E-state index in [2.05, 4.69) is 17.4 Å². The Balaban J connectivity index is 1.96. The topological polar surface area (TPSA) is 21.3 Å². The Morgan fingerprint density at radius 1 is 1.24 bits per heavy atom. The first-order valence-corrected chi connectivity index (χ1v) is 8.54. The van der Waals surface area contributed by atoms with E-state index in [1.165, 1.54) is 36.1 Å². The third-order valence-electron chi connectivity index (χ3n) is 4.11. The molecule has 0 radical (unpaired) electrons. The van der Waals surface area contributed by atoms with Crippen molar-refractivity contribution < 1.29 is 4.74 Å². The summed E-state index contributed by atoms with van der Waals surface area (Å²) in [6.45, 7) is 0. The van der Waals surface area contributed by atoms with Gasteiger partial charge in [0.1, 0.15) is 5.75 Å². The van der Waals surface area contributed by atoms with Gasteiger partial charge in [0, 0.05) is 14.8 Å². The normalized spacial score (nSPS) is 15.6. The number of nitrogens with one attached hydrogen (secondary N) is 1. The quantitative estimate of drug-likeness (QED) is 0.888. The molecule has 0 saturated heterocycles. The van der Waals surface area contributed by atoms with Gasteiger partial charge in [-0.15, -0.1) is 11.3 Å². The second kappa shape index (κ2) is 6.39. The highest BCUT2D eigenvalue weighted by atomic mass is 35.5. The zero-order chi connectivity index (χ0) is 14.8. The predicted molar refractivity (Wildman–Crippen MR) is 89.9 cm³/mol. The molecule has 112 valence electrons. The molecule has 1 heterocycles. The maximum Gasteiger partial charge on any atom is 0.120 e. The van der Waals surface area contributed by atoms with Crippen LogP contribution in [0.2, 0.25) is 5.02 Å². The molecule has 0 aliphatic heterocycles. The summed E-state index contributed by atoms with van der Waals surface area (Å²) in [5, 5.41) is 4.16. The molecular formula is C17H20ClNOS. The molecule has 21 heavy (non-hydrogen) atoms. The van der Waals surface area contributed by atoms with Crippen LogP contribution in [0.15, 0.2) is 24.3 Å². The highest BCUT2D eigenvalue weighted by Crippen LogP contribution is 2.37. The molecule has 1 aromatic heterocycles. The lowest BCUT2D eigenvalue weighted by Gasteiger charge is -2.17. The van der Waals surface area contributed by atoms with Crippen LogP contribution in [0.4, 0.5) is 0 Å². The van der Waals surface area contributed by atoms with Gasteiger partial charge in [-0.05, 0) is 62.1 Å².